The summed E-state index contributed by atoms with van der Waals surface area (Å²) < 4.78 is 16.3. The van der Waals surface area contributed by atoms with E-state index in [0.29, 0.717) is 51.1 Å². The number of piperazine rings is 1. The van der Waals surface area contributed by atoms with Crippen LogP contribution in [0.15, 0.2) is 40.8 Å². The van der Waals surface area contributed by atoms with Gasteiger partial charge in [-0.25, -0.2) is 4.79 Å². The highest BCUT2D eigenvalue weighted by molar-refractivity contribution is 5.91. The highest BCUT2D eigenvalue weighted by Gasteiger charge is 2.27. The molecule has 0 N–H and O–H groups in total. The number of carbonyl (C=O) groups excluding carboxylic acids is 2. The lowest BCUT2D eigenvalue weighted by Crippen LogP contribution is -2.50. The highest BCUT2D eigenvalue weighted by Crippen LogP contribution is 2.19. The van der Waals surface area contributed by atoms with E-state index >= 15 is 0 Å². The normalized spacial score (nSPS) is 14.2. The van der Waals surface area contributed by atoms with Gasteiger partial charge >= 0.3 is 6.09 Å². The van der Waals surface area contributed by atoms with E-state index in [2.05, 4.69) is 24.8 Å². The van der Waals surface area contributed by atoms with Crippen molar-refractivity contribution in [1.82, 2.24) is 14.7 Å². The number of rotatable bonds is 8. The molecular formula is C24H33N3O5. The van der Waals surface area contributed by atoms with Crippen molar-refractivity contribution in [2.24, 2.45) is 0 Å². The van der Waals surface area contributed by atoms with Crippen molar-refractivity contribution in [3.05, 3.63) is 53.5 Å². The third kappa shape index (κ3) is 6.03. The van der Waals surface area contributed by atoms with Gasteiger partial charge < -0.3 is 23.7 Å². The van der Waals surface area contributed by atoms with Crippen LogP contribution in [-0.2, 0) is 17.8 Å². The molecule has 3 rings (SSSR count). The number of methoxy groups -OCH3 is 1. The molecule has 0 radical (unpaired) electrons. The van der Waals surface area contributed by atoms with Crippen LogP contribution in [0.2, 0.25) is 0 Å². The summed E-state index contributed by atoms with van der Waals surface area (Å²) in [5, 5.41) is 0. The second kappa shape index (κ2) is 11.0. The second-order valence-corrected chi connectivity index (χ2v) is 8.09. The first-order valence-corrected chi connectivity index (χ1v) is 11.1. The van der Waals surface area contributed by atoms with Gasteiger partial charge in [0.25, 0.3) is 5.91 Å². The van der Waals surface area contributed by atoms with Crippen molar-refractivity contribution < 1.29 is 23.5 Å². The second-order valence-electron chi connectivity index (χ2n) is 8.09. The molecule has 0 aliphatic carbocycles. The number of carbonyl (C=O) groups is 2. The number of nitrogens with zero attached hydrogens (tertiary/aromatic N) is 3. The molecule has 2 amide bonds. The molecule has 1 aliphatic rings. The molecule has 0 atom stereocenters. The lowest BCUT2D eigenvalue weighted by Gasteiger charge is -2.33. The van der Waals surface area contributed by atoms with E-state index in [4.69, 9.17) is 13.9 Å². The molecule has 32 heavy (non-hydrogen) atoms. The molecule has 0 bridgehead atoms. The first-order valence-electron chi connectivity index (χ1n) is 11.1. The smallest absolute Gasteiger partial charge is 0.409 e. The summed E-state index contributed by atoms with van der Waals surface area (Å²) in [5.74, 6) is 1.76. The minimum atomic E-state index is -0.329. The predicted molar refractivity (Wildman–Crippen MR) is 121 cm³/mol. The summed E-state index contributed by atoms with van der Waals surface area (Å²) in [6, 6.07) is 11.9. The summed E-state index contributed by atoms with van der Waals surface area (Å²) in [7, 11) is 1.66. The number of hydrogen-bond donors (Lipinski definition) is 0. The van der Waals surface area contributed by atoms with Gasteiger partial charge in [0.05, 0.1) is 20.3 Å². The third-order valence-corrected chi connectivity index (χ3v) is 5.57. The zero-order chi connectivity index (χ0) is 23.1. The fraction of sp³-hybridized carbons (Fsp3) is 0.500. The standard InChI is InChI=1S/C24H33N3O5/c1-5-31-24(29)26-13-11-25(12-14-26)23(28)22-10-9-21(32-22)17-27(18(2)3)16-19-7-6-8-20(15-19)30-4/h6-10,15,18H,5,11-14,16-17H2,1-4H3. The Morgan fingerprint density at radius 3 is 2.44 bits per heavy atom. The van der Waals surface area contributed by atoms with Crippen LogP contribution in [0.3, 0.4) is 0 Å². The molecule has 0 unspecified atom stereocenters. The van der Waals surface area contributed by atoms with Gasteiger partial charge in [0, 0.05) is 38.8 Å². The molecular weight excluding hydrogens is 410 g/mol. The SMILES string of the molecule is CCOC(=O)N1CCN(C(=O)c2ccc(CN(Cc3cccc(OC)c3)C(C)C)o2)CC1. The topological polar surface area (TPSA) is 75.5 Å². The van der Waals surface area contributed by atoms with Crippen LogP contribution in [-0.4, -0.2) is 72.6 Å². The zero-order valence-electron chi connectivity index (χ0n) is 19.4. The van der Waals surface area contributed by atoms with Gasteiger partial charge in [-0.1, -0.05) is 12.1 Å². The van der Waals surface area contributed by atoms with Crippen LogP contribution < -0.4 is 4.74 Å². The minimum absolute atomic E-state index is 0.149. The largest absolute Gasteiger partial charge is 0.497 e. The maximum atomic E-state index is 12.9. The lowest BCUT2D eigenvalue weighted by molar-refractivity contribution is 0.0543. The molecule has 1 aliphatic heterocycles. The van der Waals surface area contributed by atoms with E-state index in [1.54, 1.807) is 29.9 Å². The molecule has 1 saturated heterocycles. The van der Waals surface area contributed by atoms with Crippen LogP contribution in [0.4, 0.5) is 4.79 Å². The van der Waals surface area contributed by atoms with E-state index in [1.165, 1.54) is 0 Å². The first kappa shape index (κ1) is 23.7. The zero-order valence-corrected chi connectivity index (χ0v) is 19.4. The van der Waals surface area contributed by atoms with Crippen molar-refractivity contribution in [1.29, 1.82) is 0 Å². The highest BCUT2D eigenvalue weighted by atomic mass is 16.6. The fourth-order valence-electron chi connectivity index (χ4n) is 3.67. The van der Waals surface area contributed by atoms with Gasteiger partial charge in [-0.05, 0) is 50.6 Å². The Hall–Kier alpha value is -3.00. The van der Waals surface area contributed by atoms with Crippen LogP contribution in [0, 0.1) is 0 Å². The van der Waals surface area contributed by atoms with Crippen LogP contribution >= 0.6 is 0 Å². The van der Waals surface area contributed by atoms with Gasteiger partial charge in [0.2, 0.25) is 0 Å². The lowest BCUT2D eigenvalue weighted by atomic mass is 10.1. The Bertz CT molecular complexity index is 903. The van der Waals surface area contributed by atoms with Crippen molar-refractivity contribution in [2.75, 3.05) is 39.9 Å². The molecule has 1 aromatic heterocycles. The van der Waals surface area contributed by atoms with E-state index in [9.17, 15) is 9.59 Å². The molecule has 2 aromatic rings. The van der Waals surface area contributed by atoms with Gasteiger partial charge in [-0.15, -0.1) is 0 Å². The van der Waals surface area contributed by atoms with Gasteiger partial charge in [-0.3, -0.25) is 9.69 Å². The predicted octanol–water partition coefficient (Wildman–Crippen LogP) is 3.61. The Kier molecular flexibility index (Phi) is 8.16. The maximum Gasteiger partial charge on any atom is 0.409 e. The van der Waals surface area contributed by atoms with Crippen LogP contribution in [0.25, 0.3) is 0 Å². The van der Waals surface area contributed by atoms with Gasteiger partial charge in [0.15, 0.2) is 5.76 Å². The van der Waals surface area contributed by atoms with Crippen LogP contribution in [0.5, 0.6) is 5.75 Å². The Labute approximate surface area is 189 Å². The first-order chi connectivity index (χ1) is 15.4. The van der Waals surface area contributed by atoms with Crippen LogP contribution in [0.1, 0.15) is 42.6 Å². The summed E-state index contributed by atoms with van der Waals surface area (Å²) in [6.45, 7) is 9.58. The molecule has 174 valence electrons. The van der Waals surface area contributed by atoms with E-state index in [-0.39, 0.29) is 12.0 Å². The third-order valence-electron chi connectivity index (χ3n) is 5.57. The molecule has 8 nitrogen and oxygen atoms in total. The van der Waals surface area contributed by atoms with E-state index < -0.39 is 0 Å². The number of hydrogen-bond acceptors (Lipinski definition) is 6. The Morgan fingerprint density at radius 2 is 1.78 bits per heavy atom. The summed E-state index contributed by atoms with van der Waals surface area (Å²) >= 11 is 0. The quantitative estimate of drug-likeness (QED) is 0.620. The van der Waals surface area contributed by atoms with E-state index in [0.717, 1.165) is 23.6 Å². The molecule has 8 heteroatoms. The maximum absolute atomic E-state index is 12.9. The Morgan fingerprint density at radius 1 is 1.06 bits per heavy atom. The number of ether oxygens (including phenoxy) is 2. The average molecular weight is 444 g/mol. The molecule has 1 aromatic carbocycles. The van der Waals surface area contributed by atoms with E-state index in [1.807, 2.05) is 24.3 Å². The molecule has 2 heterocycles. The fourth-order valence-corrected chi connectivity index (χ4v) is 3.67. The molecule has 0 spiro atoms. The summed E-state index contributed by atoms with van der Waals surface area (Å²) in [6.07, 6.45) is -0.329. The number of benzene rings is 1. The van der Waals surface area contributed by atoms with Crippen molar-refractivity contribution >= 4 is 12.0 Å². The monoisotopic (exact) mass is 443 g/mol. The van der Waals surface area contributed by atoms with Gasteiger partial charge in [-0.2, -0.15) is 0 Å². The van der Waals surface area contributed by atoms with Crippen molar-refractivity contribution in [3.8, 4) is 5.75 Å². The summed E-state index contributed by atoms with van der Waals surface area (Å²) in [4.78, 5) is 30.3. The molecule has 0 saturated carbocycles. The van der Waals surface area contributed by atoms with Crippen molar-refractivity contribution in [3.63, 3.8) is 0 Å². The Balaban J connectivity index is 1.59. The van der Waals surface area contributed by atoms with Crippen molar-refractivity contribution in [2.45, 2.75) is 39.9 Å². The summed E-state index contributed by atoms with van der Waals surface area (Å²) in [5.41, 5.74) is 1.15. The molecule has 1 fully saturated rings. The average Bonchev–Trinajstić information content (AvgIpc) is 3.27. The minimum Gasteiger partial charge on any atom is -0.497 e. The van der Waals surface area contributed by atoms with Gasteiger partial charge in [0.1, 0.15) is 11.5 Å². The number of furan rings is 1. The number of amides is 2.